The number of ether oxygens (including phenoxy) is 1. The van der Waals surface area contributed by atoms with Crippen molar-refractivity contribution in [1.29, 1.82) is 0 Å². The van der Waals surface area contributed by atoms with E-state index < -0.39 is 11.0 Å². The van der Waals surface area contributed by atoms with Gasteiger partial charge in [0.05, 0.1) is 12.0 Å². The minimum Gasteiger partial charge on any atom is -0.469 e. The van der Waals surface area contributed by atoms with Gasteiger partial charge in [-0.05, 0) is 62.2 Å². The van der Waals surface area contributed by atoms with Crippen LogP contribution in [0.4, 0.5) is 10.1 Å². The van der Waals surface area contributed by atoms with Gasteiger partial charge in [0.25, 0.3) is 5.91 Å². The topological polar surface area (TPSA) is 84.5 Å². The fourth-order valence-electron chi connectivity index (χ4n) is 2.42. The maximum absolute atomic E-state index is 13.3. The smallest absolute Gasteiger partial charge is 0.305 e. The summed E-state index contributed by atoms with van der Waals surface area (Å²) < 4.78 is 33.3. The van der Waals surface area contributed by atoms with E-state index in [9.17, 15) is 18.2 Å². The lowest BCUT2D eigenvalue weighted by molar-refractivity contribution is -0.140. The minimum absolute atomic E-state index is 0.181. The molecule has 6 nitrogen and oxygen atoms in total. The van der Waals surface area contributed by atoms with Crippen LogP contribution in [-0.4, -0.2) is 29.2 Å². The molecule has 0 aromatic heterocycles. The average molecular weight is 406 g/mol. The molecular weight excluding hydrogens is 383 g/mol. The van der Waals surface area contributed by atoms with Crippen LogP contribution in [0.3, 0.4) is 0 Å². The number of carbonyl (C=O) groups excluding carboxylic acids is 2. The minimum atomic E-state index is -1.54. The first-order valence-electron chi connectivity index (χ1n) is 8.72. The Labute approximate surface area is 166 Å². The van der Waals surface area contributed by atoms with E-state index in [-0.39, 0.29) is 30.2 Å². The molecule has 0 aliphatic carbocycles. The molecule has 0 fully saturated rings. The summed E-state index contributed by atoms with van der Waals surface area (Å²) in [6.07, 6.45) is 0.698. The summed E-state index contributed by atoms with van der Waals surface area (Å²) in [6.45, 7) is 3.43. The zero-order valence-corrected chi connectivity index (χ0v) is 16.8. The summed E-state index contributed by atoms with van der Waals surface area (Å²) in [5.74, 6) is -1.06. The standard InChI is InChI=1S/C20H23FN2O4S/c1-13-11-16(8-9-18(13)21)22-20(25)15-5-4-6-17(12-15)28(26)23-14(2)7-10-19(24)27-3/h4-6,8-9,11-12,14,23H,7,10H2,1-3H3,(H,22,25). The Bertz CT molecular complexity index is 888. The molecule has 2 rings (SSSR count). The molecule has 0 saturated carbocycles. The number of halogens is 1. The summed E-state index contributed by atoms with van der Waals surface area (Å²) in [6, 6.07) is 10.5. The molecule has 28 heavy (non-hydrogen) atoms. The van der Waals surface area contributed by atoms with Crippen molar-refractivity contribution in [3.8, 4) is 0 Å². The van der Waals surface area contributed by atoms with E-state index in [4.69, 9.17) is 0 Å². The molecule has 0 heterocycles. The first-order chi connectivity index (χ1) is 13.3. The number of nitrogens with one attached hydrogen (secondary N) is 2. The summed E-state index contributed by atoms with van der Waals surface area (Å²) in [7, 11) is -0.220. The molecular formula is C20H23FN2O4S. The molecule has 2 N–H and O–H groups in total. The van der Waals surface area contributed by atoms with Crippen LogP contribution in [0.1, 0.15) is 35.7 Å². The summed E-state index contributed by atoms with van der Waals surface area (Å²) in [5.41, 5.74) is 1.24. The second-order valence-electron chi connectivity index (χ2n) is 6.35. The highest BCUT2D eigenvalue weighted by Gasteiger charge is 2.14. The summed E-state index contributed by atoms with van der Waals surface area (Å²) in [4.78, 5) is 24.1. The van der Waals surface area contributed by atoms with Crippen molar-refractivity contribution >= 4 is 28.5 Å². The van der Waals surface area contributed by atoms with Gasteiger partial charge in [0, 0.05) is 23.7 Å². The fourth-order valence-corrected chi connectivity index (χ4v) is 3.48. The maximum atomic E-state index is 13.3. The normalized spacial score (nSPS) is 12.9. The lowest BCUT2D eigenvalue weighted by atomic mass is 10.2. The molecule has 0 spiro atoms. The van der Waals surface area contributed by atoms with Gasteiger partial charge in [0.15, 0.2) is 0 Å². The third kappa shape index (κ3) is 6.24. The number of amides is 1. The van der Waals surface area contributed by atoms with Crippen molar-refractivity contribution in [2.75, 3.05) is 12.4 Å². The predicted molar refractivity (Wildman–Crippen MR) is 106 cm³/mol. The van der Waals surface area contributed by atoms with E-state index in [1.165, 1.54) is 25.3 Å². The van der Waals surface area contributed by atoms with E-state index in [2.05, 4.69) is 14.8 Å². The Morgan fingerprint density at radius 3 is 2.64 bits per heavy atom. The molecule has 2 atom stereocenters. The summed E-state index contributed by atoms with van der Waals surface area (Å²) >= 11 is 0. The number of benzene rings is 2. The molecule has 2 aromatic carbocycles. The Balaban J connectivity index is 2.01. The van der Waals surface area contributed by atoms with Crippen molar-refractivity contribution < 1.29 is 22.9 Å². The van der Waals surface area contributed by atoms with E-state index in [1.54, 1.807) is 31.2 Å². The van der Waals surface area contributed by atoms with Crippen LogP contribution >= 0.6 is 0 Å². The SMILES string of the molecule is COC(=O)CCC(C)NS(=O)c1cccc(C(=O)Nc2ccc(F)c(C)c2)c1. The maximum Gasteiger partial charge on any atom is 0.305 e. The fraction of sp³-hybridized carbons (Fsp3) is 0.300. The summed E-state index contributed by atoms with van der Waals surface area (Å²) in [5, 5.41) is 2.70. The van der Waals surface area contributed by atoms with Crippen LogP contribution in [0, 0.1) is 12.7 Å². The molecule has 2 aromatic rings. The van der Waals surface area contributed by atoms with E-state index >= 15 is 0 Å². The highest BCUT2D eigenvalue weighted by atomic mass is 32.2. The Morgan fingerprint density at radius 2 is 1.96 bits per heavy atom. The van der Waals surface area contributed by atoms with Crippen LogP contribution in [-0.2, 0) is 20.5 Å². The molecule has 0 aliphatic heterocycles. The van der Waals surface area contributed by atoms with Crippen molar-refractivity contribution in [2.45, 2.75) is 37.6 Å². The number of rotatable bonds is 8. The van der Waals surface area contributed by atoms with Crippen molar-refractivity contribution in [3.05, 3.63) is 59.4 Å². The predicted octanol–water partition coefficient (Wildman–Crippen LogP) is 3.34. The van der Waals surface area contributed by atoms with Gasteiger partial charge in [-0.3, -0.25) is 9.59 Å². The van der Waals surface area contributed by atoms with Crippen LogP contribution in [0.15, 0.2) is 47.4 Å². The lowest BCUT2D eigenvalue weighted by Gasteiger charge is -2.13. The molecule has 0 saturated heterocycles. The Hall–Kier alpha value is -2.58. The molecule has 8 heteroatoms. The second kappa shape index (κ2) is 10.1. The number of carbonyl (C=O) groups is 2. The van der Waals surface area contributed by atoms with Gasteiger partial charge in [0.1, 0.15) is 16.8 Å². The third-order valence-electron chi connectivity index (χ3n) is 4.04. The van der Waals surface area contributed by atoms with Crippen molar-refractivity contribution in [2.24, 2.45) is 0 Å². The Morgan fingerprint density at radius 1 is 1.21 bits per heavy atom. The van der Waals surface area contributed by atoms with Gasteiger partial charge >= 0.3 is 5.97 Å². The number of esters is 1. The first-order valence-corrected chi connectivity index (χ1v) is 9.87. The third-order valence-corrected chi connectivity index (χ3v) is 5.34. The van der Waals surface area contributed by atoms with E-state index in [0.717, 1.165) is 0 Å². The molecule has 0 radical (unpaired) electrons. The lowest BCUT2D eigenvalue weighted by Crippen LogP contribution is -2.29. The van der Waals surface area contributed by atoms with E-state index in [1.807, 2.05) is 6.92 Å². The van der Waals surface area contributed by atoms with Gasteiger partial charge in [-0.25, -0.2) is 13.3 Å². The molecule has 1 amide bonds. The van der Waals surface area contributed by atoms with Gasteiger partial charge in [-0.15, -0.1) is 0 Å². The van der Waals surface area contributed by atoms with Gasteiger partial charge in [0.2, 0.25) is 0 Å². The zero-order valence-electron chi connectivity index (χ0n) is 16.0. The number of anilines is 1. The molecule has 0 aliphatic rings. The average Bonchev–Trinajstić information content (AvgIpc) is 2.68. The van der Waals surface area contributed by atoms with Crippen molar-refractivity contribution in [1.82, 2.24) is 4.72 Å². The van der Waals surface area contributed by atoms with Crippen LogP contribution in [0.2, 0.25) is 0 Å². The first kappa shape index (κ1) is 21.7. The number of aryl methyl sites for hydroxylation is 1. The zero-order chi connectivity index (χ0) is 20.7. The number of methoxy groups -OCH3 is 1. The molecule has 0 bridgehead atoms. The number of hydrogen-bond acceptors (Lipinski definition) is 4. The van der Waals surface area contributed by atoms with Gasteiger partial charge in [-0.2, -0.15) is 0 Å². The molecule has 150 valence electrons. The van der Waals surface area contributed by atoms with Gasteiger partial charge in [-0.1, -0.05) is 6.07 Å². The second-order valence-corrected chi connectivity index (χ2v) is 7.59. The van der Waals surface area contributed by atoms with E-state index in [0.29, 0.717) is 28.1 Å². The largest absolute Gasteiger partial charge is 0.469 e. The Kier molecular flexibility index (Phi) is 7.83. The van der Waals surface area contributed by atoms with Crippen molar-refractivity contribution in [3.63, 3.8) is 0 Å². The van der Waals surface area contributed by atoms with Gasteiger partial charge < -0.3 is 10.1 Å². The molecule has 2 unspecified atom stereocenters. The number of hydrogen-bond donors (Lipinski definition) is 2. The highest BCUT2D eigenvalue weighted by molar-refractivity contribution is 7.83. The van der Waals surface area contributed by atoms with Crippen LogP contribution in [0.5, 0.6) is 0 Å². The quantitative estimate of drug-likeness (QED) is 0.659. The highest BCUT2D eigenvalue weighted by Crippen LogP contribution is 2.16. The van der Waals surface area contributed by atoms with Crippen LogP contribution in [0.25, 0.3) is 0 Å². The monoisotopic (exact) mass is 406 g/mol. The van der Waals surface area contributed by atoms with Crippen LogP contribution < -0.4 is 10.0 Å².